The van der Waals surface area contributed by atoms with E-state index in [9.17, 15) is 4.79 Å². The molecule has 0 radical (unpaired) electrons. The zero-order chi connectivity index (χ0) is 14.9. The normalized spacial score (nSPS) is 17.9. The largest absolute Gasteiger partial charge is 0.339 e. The second kappa shape index (κ2) is 5.28. The fourth-order valence-corrected chi connectivity index (χ4v) is 2.44. The monoisotopic (exact) mass is 289 g/mol. The van der Waals surface area contributed by atoms with E-state index in [1.54, 1.807) is 6.07 Å². The van der Waals surface area contributed by atoms with Crippen LogP contribution in [-0.2, 0) is 0 Å². The van der Waals surface area contributed by atoms with Crippen LogP contribution >= 0.6 is 0 Å². The Morgan fingerprint density at radius 2 is 2.05 bits per heavy atom. The lowest BCUT2D eigenvalue weighted by Crippen LogP contribution is -2.42. The first-order valence-corrected chi connectivity index (χ1v) is 7.03. The van der Waals surface area contributed by atoms with Gasteiger partial charge in [0.25, 0.3) is 5.56 Å². The van der Waals surface area contributed by atoms with Crippen LogP contribution < -0.4 is 16.2 Å². The Bertz CT molecular complexity index is 649. The molecular formula is C13H19N7O. The van der Waals surface area contributed by atoms with Gasteiger partial charge in [-0.05, 0) is 30.9 Å². The summed E-state index contributed by atoms with van der Waals surface area (Å²) in [6.07, 6.45) is 2.06. The molecule has 1 saturated heterocycles. The molecule has 8 nitrogen and oxygen atoms in total. The molecule has 1 aliphatic heterocycles. The van der Waals surface area contributed by atoms with Gasteiger partial charge in [-0.25, -0.2) is 5.10 Å². The van der Waals surface area contributed by atoms with Crippen LogP contribution in [0.15, 0.2) is 16.9 Å². The fourth-order valence-electron chi connectivity index (χ4n) is 2.44. The molecule has 4 N–H and O–H groups in total. The number of piperidine rings is 1. The first-order chi connectivity index (χ1) is 10.1. The maximum absolute atomic E-state index is 11.0. The Kier molecular flexibility index (Phi) is 3.46. The molecule has 3 rings (SSSR count). The zero-order valence-electron chi connectivity index (χ0n) is 12.0. The van der Waals surface area contributed by atoms with Crippen molar-refractivity contribution >= 4 is 5.95 Å². The summed E-state index contributed by atoms with van der Waals surface area (Å²) in [5.74, 6) is 1.21. The van der Waals surface area contributed by atoms with Crippen LogP contribution in [0.5, 0.6) is 0 Å². The third-order valence-electron chi connectivity index (χ3n) is 4.14. The van der Waals surface area contributed by atoms with Crippen LogP contribution in [0.1, 0.15) is 19.8 Å². The molecule has 112 valence electrons. The molecule has 1 aliphatic rings. The van der Waals surface area contributed by atoms with Crippen molar-refractivity contribution < 1.29 is 0 Å². The molecule has 0 bridgehead atoms. The van der Waals surface area contributed by atoms with Gasteiger partial charge in [0.15, 0.2) is 5.82 Å². The van der Waals surface area contributed by atoms with Gasteiger partial charge in [-0.3, -0.25) is 9.89 Å². The molecule has 0 atom stereocenters. The van der Waals surface area contributed by atoms with Crippen molar-refractivity contribution in [2.75, 3.05) is 24.5 Å². The predicted octanol–water partition coefficient (Wildman–Crippen LogP) is 0.120. The standard InChI is InChI=1S/C13H19N7O/c1-13(8-14)4-6-20(7-5-13)12-15-11(18-19-12)9-2-3-10(21)17-16-9/h2-3H,4-8,14H2,1H3,(H,17,21)(H,15,18,19). The Labute approximate surface area is 121 Å². The van der Waals surface area contributed by atoms with Crippen molar-refractivity contribution in [1.82, 2.24) is 25.4 Å². The minimum absolute atomic E-state index is 0.218. The lowest BCUT2D eigenvalue weighted by molar-refractivity contribution is 0.257. The Balaban J connectivity index is 1.74. The van der Waals surface area contributed by atoms with Crippen molar-refractivity contribution in [3.63, 3.8) is 0 Å². The molecule has 0 aromatic carbocycles. The highest BCUT2D eigenvalue weighted by Gasteiger charge is 2.30. The molecule has 0 spiro atoms. The van der Waals surface area contributed by atoms with Crippen molar-refractivity contribution in [2.24, 2.45) is 11.1 Å². The lowest BCUT2D eigenvalue weighted by Gasteiger charge is -2.38. The molecule has 3 heterocycles. The topological polar surface area (TPSA) is 117 Å². The summed E-state index contributed by atoms with van der Waals surface area (Å²) in [6, 6.07) is 3.03. The van der Waals surface area contributed by atoms with Crippen LogP contribution in [0.2, 0.25) is 0 Å². The average Bonchev–Trinajstić information content (AvgIpc) is 2.98. The van der Waals surface area contributed by atoms with E-state index in [1.807, 2.05) is 0 Å². The van der Waals surface area contributed by atoms with Crippen molar-refractivity contribution in [3.8, 4) is 11.5 Å². The summed E-state index contributed by atoms with van der Waals surface area (Å²) in [5, 5.41) is 13.4. The minimum atomic E-state index is -0.240. The molecule has 0 unspecified atom stereocenters. The SMILES string of the molecule is CC1(CN)CCN(c2n[nH]c(-c3ccc(=O)[nH]n3)n2)CC1. The molecule has 8 heteroatoms. The van der Waals surface area contributed by atoms with Gasteiger partial charge in [0.2, 0.25) is 5.95 Å². The fraction of sp³-hybridized carbons (Fsp3) is 0.538. The summed E-state index contributed by atoms with van der Waals surface area (Å²) in [4.78, 5) is 17.6. The van der Waals surface area contributed by atoms with Gasteiger partial charge in [-0.1, -0.05) is 6.92 Å². The molecular weight excluding hydrogens is 270 g/mol. The third kappa shape index (κ3) is 2.80. The van der Waals surface area contributed by atoms with E-state index in [1.165, 1.54) is 6.07 Å². The van der Waals surface area contributed by atoms with Crippen molar-refractivity contribution in [1.29, 1.82) is 0 Å². The number of aromatic nitrogens is 5. The van der Waals surface area contributed by atoms with E-state index >= 15 is 0 Å². The number of nitrogens with zero attached hydrogens (tertiary/aromatic N) is 4. The average molecular weight is 289 g/mol. The Morgan fingerprint density at radius 1 is 1.29 bits per heavy atom. The quantitative estimate of drug-likeness (QED) is 0.739. The lowest BCUT2D eigenvalue weighted by atomic mass is 9.81. The predicted molar refractivity (Wildman–Crippen MR) is 78.8 cm³/mol. The highest BCUT2D eigenvalue weighted by atomic mass is 16.1. The zero-order valence-corrected chi connectivity index (χ0v) is 12.0. The highest BCUT2D eigenvalue weighted by Crippen LogP contribution is 2.31. The van der Waals surface area contributed by atoms with Gasteiger partial charge in [0.1, 0.15) is 5.69 Å². The Hall–Kier alpha value is -2.22. The number of hydrogen-bond donors (Lipinski definition) is 3. The second-order valence-corrected chi connectivity index (χ2v) is 5.79. The van der Waals surface area contributed by atoms with E-state index in [2.05, 4.69) is 37.2 Å². The van der Waals surface area contributed by atoms with Gasteiger partial charge in [-0.2, -0.15) is 10.1 Å². The first kappa shape index (κ1) is 13.7. The number of H-pyrrole nitrogens is 2. The number of hydrogen-bond acceptors (Lipinski definition) is 6. The second-order valence-electron chi connectivity index (χ2n) is 5.79. The summed E-state index contributed by atoms with van der Waals surface area (Å²) in [5.41, 5.74) is 6.37. The first-order valence-electron chi connectivity index (χ1n) is 7.03. The number of anilines is 1. The van der Waals surface area contributed by atoms with Crippen molar-refractivity contribution in [2.45, 2.75) is 19.8 Å². The maximum atomic E-state index is 11.0. The van der Waals surface area contributed by atoms with E-state index in [4.69, 9.17) is 5.73 Å². The van der Waals surface area contributed by atoms with Crippen LogP contribution in [-0.4, -0.2) is 45.0 Å². The highest BCUT2D eigenvalue weighted by molar-refractivity contribution is 5.50. The van der Waals surface area contributed by atoms with Crippen LogP contribution in [0.25, 0.3) is 11.5 Å². The van der Waals surface area contributed by atoms with Gasteiger partial charge >= 0.3 is 0 Å². The smallest absolute Gasteiger partial charge is 0.264 e. The van der Waals surface area contributed by atoms with Crippen LogP contribution in [0.3, 0.4) is 0 Å². The summed E-state index contributed by atoms with van der Waals surface area (Å²) < 4.78 is 0. The molecule has 2 aromatic heterocycles. The molecule has 1 fully saturated rings. The molecule has 21 heavy (non-hydrogen) atoms. The number of rotatable bonds is 3. The summed E-state index contributed by atoms with van der Waals surface area (Å²) >= 11 is 0. The van der Waals surface area contributed by atoms with Gasteiger partial charge in [0.05, 0.1) is 0 Å². The molecule has 0 saturated carbocycles. The number of aromatic amines is 2. The van der Waals surface area contributed by atoms with Gasteiger partial charge in [0, 0.05) is 19.2 Å². The summed E-state index contributed by atoms with van der Waals surface area (Å²) in [6.45, 7) is 4.72. The summed E-state index contributed by atoms with van der Waals surface area (Å²) in [7, 11) is 0. The molecule has 2 aromatic rings. The minimum Gasteiger partial charge on any atom is -0.339 e. The van der Waals surface area contributed by atoms with Crippen molar-refractivity contribution in [3.05, 3.63) is 22.5 Å². The van der Waals surface area contributed by atoms with E-state index in [0.717, 1.165) is 25.9 Å². The number of nitrogens with one attached hydrogen (secondary N) is 2. The van der Waals surface area contributed by atoms with Crippen LogP contribution in [0, 0.1) is 5.41 Å². The van der Waals surface area contributed by atoms with Gasteiger partial charge < -0.3 is 10.6 Å². The van der Waals surface area contributed by atoms with E-state index in [-0.39, 0.29) is 11.0 Å². The van der Waals surface area contributed by atoms with Gasteiger partial charge in [-0.15, -0.1) is 5.10 Å². The van der Waals surface area contributed by atoms with Crippen LogP contribution in [0.4, 0.5) is 5.95 Å². The maximum Gasteiger partial charge on any atom is 0.264 e. The molecule has 0 amide bonds. The third-order valence-corrected chi connectivity index (χ3v) is 4.14. The number of nitrogens with two attached hydrogens (primary N) is 1. The molecule has 0 aliphatic carbocycles. The Morgan fingerprint density at radius 3 is 2.67 bits per heavy atom. The van der Waals surface area contributed by atoms with E-state index < -0.39 is 0 Å². The van der Waals surface area contributed by atoms with E-state index in [0.29, 0.717) is 24.0 Å².